The van der Waals surface area contributed by atoms with Gasteiger partial charge in [-0.1, -0.05) is 5.92 Å². The van der Waals surface area contributed by atoms with Gasteiger partial charge in [0.15, 0.2) is 0 Å². The van der Waals surface area contributed by atoms with Crippen LogP contribution in [0.3, 0.4) is 0 Å². The van der Waals surface area contributed by atoms with Gasteiger partial charge in [0, 0.05) is 66.8 Å². The summed E-state index contributed by atoms with van der Waals surface area (Å²) in [5.74, 6) is 2.41. The maximum atomic E-state index is 13.2. The first-order valence-electron chi connectivity index (χ1n) is 11.6. The fraction of sp³-hybridized carbons (Fsp3) is 0.231. The number of nitrogens with zero attached hydrogens (tertiary/aromatic N) is 5. The molecule has 1 aromatic carbocycles. The molecule has 4 aromatic rings. The van der Waals surface area contributed by atoms with Crippen molar-refractivity contribution in [3.8, 4) is 23.5 Å². The van der Waals surface area contributed by atoms with Gasteiger partial charge < -0.3 is 9.88 Å². The standard InChI is InChI=1S/C26H22N6O3S/c1-2-17-3-5-22-19(13-17)14-24(29-22)36(34,35)32-11-9-31(10-12-32)26(33)25-28-16-21-20-7-8-27-15-18(20)4-6-23(21)30-25/h1,3,5,7-8,13-16,29H,4,6,9-12H2. The van der Waals surface area contributed by atoms with Crippen molar-refractivity contribution >= 4 is 26.8 Å². The van der Waals surface area contributed by atoms with E-state index in [0.717, 1.165) is 40.6 Å². The minimum atomic E-state index is -3.75. The third-order valence-electron chi connectivity index (χ3n) is 6.79. The van der Waals surface area contributed by atoms with E-state index in [9.17, 15) is 13.2 Å². The maximum Gasteiger partial charge on any atom is 0.291 e. The fourth-order valence-corrected chi connectivity index (χ4v) is 6.26. The van der Waals surface area contributed by atoms with Crippen molar-refractivity contribution in [2.24, 2.45) is 0 Å². The van der Waals surface area contributed by atoms with Crippen LogP contribution in [0, 0.1) is 12.3 Å². The largest absolute Gasteiger partial charge is 0.345 e. The van der Waals surface area contributed by atoms with Crippen LogP contribution in [0.2, 0.25) is 0 Å². The lowest BCUT2D eigenvalue weighted by molar-refractivity contribution is 0.0685. The highest BCUT2D eigenvalue weighted by Crippen LogP contribution is 2.31. The predicted octanol–water partition coefficient (Wildman–Crippen LogP) is 2.25. The molecule has 0 saturated carbocycles. The first-order chi connectivity index (χ1) is 17.4. The zero-order valence-electron chi connectivity index (χ0n) is 19.3. The molecule has 1 fully saturated rings. The molecule has 2 aliphatic rings. The highest BCUT2D eigenvalue weighted by molar-refractivity contribution is 7.89. The molecule has 0 radical (unpaired) electrons. The summed E-state index contributed by atoms with van der Waals surface area (Å²) in [6.45, 7) is 0.887. The number of hydrogen-bond acceptors (Lipinski definition) is 6. The number of piperazine rings is 1. The predicted molar refractivity (Wildman–Crippen MR) is 134 cm³/mol. The number of terminal acetylenes is 1. The maximum absolute atomic E-state index is 13.2. The number of pyridine rings is 1. The van der Waals surface area contributed by atoms with E-state index in [1.54, 1.807) is 41.6 Å². The van der Waals surface area contributed by atoms with Crippen molar-refractivity contribution in [2.45, 2.75) is 17.9 Å². The normalized spacial score (nSPS) is 15.8. The summed E-state index contributed by atoms with van der Waals surface area (Å²) in [6, 6.07) is 8.85. The lowest BCUT2D eigenvalue weighted by atomic mass is 9.91. The van der Waals surface area contributed by atoms with Crippen molar-refractivity contribution in [3.05, 3.63) is 71.6 Å². The van der Waals surface area contributed by atoms with Crippen LogP contribution in [0.15, 0.2) is 53.9 Å². The molecule has 0 spiro atoms. The van der Waals surface area contributed by atoms with E-state index < -0.39 is 10.0 Å². The number of aryl methyl sites for hydroxylation is 2. The third kappa shape index (κ3) is 3.73. The molecule has 1 saturated heterocycles. The molecule has 1 aliphatic carbocycles. The molecule has 6 rings (SSSR count). The van der Waals surface area contributed by atoms with Gasteiger partial charge in [-0.25, -0.2) is 18.4 Å². The second-order valence-electron chi connectivity index (χ2n) is 8.86. The third-order valence-corrected chi connectivity index (χ3v) is 8.61. The molecule has 1 amide bonds. The first kappa shape index (κ1) is 22.4. The Hall–Kier alpha value is -4.07. The van der Waals surface area contributed by atoms with Crippen LogP contribution >= 0.6 is 0 Å². The van der Waals surface area contributed by atoms with Crippen LogP contribution in [0.1, 0.15) is 27.4 Å². The molecule has 36 heavy (non-hydrogen) atoms. The van der Waals surface area contributed by atoms with Gasteiger partial charge in [0.05, 0.1) is 5.69 Å². The number of amides is 1. The number of fused-ring (bicyclic) bond motifs is 4. The van der Waals surface area contributed by atoms with Gasteiger partial charge in [-0.05, 0) is 54.3 Å². The van der Waals surface area contributed by atoms with Crippen LogP contribution in [-0.4, -0.2) is 69.6 Å². The number of aromatic amines is 1. The quantitative estimate of drug-likeness (QED) is 0.434. The van der Waals surface area contributed by atoms with Crippen molar-refractivity contribution < 1.29 is 13.2 Å². The lowest BCUT2D eigenvalue weighted by Crippen LogP contribution is -2.50. The zero-order valence-corrected chi connectivity index (χ0v) is 20.1. The molecular weight excluding hydrogens is 476 g/mol. The summed E-state index contributed by atoms with van der Waals surface area (Å²) in [5, 5.41) is 0.848. The van der Waals surface area contributed by atoms with Gasteiger partial charge in [0.1, 0.15) is 5.03 Å². The Kier molecular flexibility index (Phi) is 5.32. The van der Waals surface area contributed by atoms with Crippen LogP contribution in [-0.2, 0) is 22.9 Å². The number of aromatic nitrogens is 4. The van der Waals surface area contributed by atoms with E-state index in [0.29, 0.717) is 11.1 Å². The number of benzene rings is 1. The molecule has 9 nitrogen and oxygen atoms in total. The lowest BCUT2D eigenvalue weighted by Gasteiger charge is -2.33. The van der Waals surface area contributed by atoms with Crippen molar-refractivity contribution in [3.63, 3.8) is 0 Å². The summed E-state index contributed by atoms with van der Waals surface area (Å²) < 4.78 is 27.9. The Morgan fingerprint density at radius 2 is 1.86 bits per heavy atom. The number of hydrogen-bond donors (Lipinski definition) is 1. The van der Waals surface area contributed by atoms with Crippen LogP contribution in [0.4, 0.5) is 0 Å². The summed E-state index contributed by atoms with van der Waals surface area (Å²) in [6.07, 6.45) is 12.3. The van der Waals surface area contributed by atoms with E-state index in [2.05, 4.69) is 25.9 Å². The smallest absolute Gasteiger partial charge is 0.291 e. The summed E-state index contributed by atoms with van der Waals surface area (Å²) in [4.78, 5) is 30.8. The minimum absolute atomic E-state index is 0.111. The topological polar surface area (TPSA) is 112 Å². The second-order valence-corrected chi connectivity index (χ2v) is 10.8. The fourth-order valence-electron chi connectivity index (χ4n) is 4.82. The molecule has 1 N–H and O–H groups in total. The van der Waals surface area contributed by atoms with E-state index in [-0.39, 0.29) is 42.9 Å². The average molecular weight is 499 g/mol. The molecule has 0 unspecified atom stereocenters. The number of carbonyl (C=O) groups excluding carboxylic acids is 1. The van der Waals surface area contributed by atoms with Gasteiger partial charge in [-0.3, -0.25) is 9.78 Å². The monoisotopic (exact) mass is 498 g/mol. The van der Waals surface area contributed by atoms with Crippen molar-refractivity contribution in [1.29, 1.82) is 0 Å². The average Bonchev–Trinajstić information content (AvgIpc) is 3.37. The van der Waals surface area contributed by atoms with Crippen molar-refractivity contribution in [1.82, 2.24) is 29.1 Å². The molecular formula is C26H22N6O3S. The highest BCUT2D eigenvalue weighted by atomic mass is 32.2. The molecule has 1 aliphatic heterocycles. The van der Waals surface area contributed by atoms with Crippen LogP contribution in [0.25, 0.3) is 22.0 Å². The van der Waals surface area contributed by atoms with E-state index >= 15 is 0 Å². The number of rotatable bonds is 3. The number of sulfonamides is 1. The molecule has 0 atom stereocenters. The van der Waals surface area contributed by atoms with Gasteiger partial charge in [0.25, 0.3) is 15.9 Å². The van der Waals surface area contributed by atoms with Gasteiger partial charge in [-0.15, -0.1) is 6.42 Å². The number of nitrogens with one attached hydrogen (secondary N) is 1. The number of carbonyl (C=O) groups is 1. The zero-order chi connectivity index (χ0) is 24.9. The Labute approximate surface area is 208 Å². The first-order valence-corrected chi connectivity index (χ1v) is 13.1. The van der Waals surface area contributed by atoms with E-state index in [1.807, 2.05) is 12.3 Å². The van der Waals surface area contributed by atoms with Crippen LogP contribution < -0.4 is 0 Å². The molecule has 0 bridgehead atoms. The van der Waals surface area contributed by atoms with Crippen molar-refractivity contribution in [2.75, 3.05) is 26.2 Å². The van der Waals surface area contributed by atoms with E-state index in [1.165, 1.54) is 4.31 Å². The summed E-state index contributed by atoms with van der Waals surface area (Å²) in [7, 11) is -3.75. The Bertz CT molecular complexity index is 1660. The molecule has 3 aromatic heterocycles. The highest BCUT2D eigenvalue weighted by Gasteiger charge is 2.32. The second kappa shape index (κ2) is 8.55. The number of H-pyrrole nitrogens is 1. The van der Waals surface area contributed by atoms with Gasteiger partial charge in [-0.2, -0.15) is 4.31 Å². The molecule has 10 heteroatoms. The summed E-state index contributed by atoms with van der Waals surface area (Å²) >= 11 is 0. The van der Waals surface area contributed by atoms with E-state index in [4.69, 9.17) is 6.42 Å². The Morgan fingerprint density at radius 3 is 2.67 bits per heavy atom. The Morgan fingerprint density at radius 1 is 1.03 bits per heavy atom. The Balaban J connectivity index is 1.17. The van der Waals surface area contributed by atoms with Crippen LogP contribution in [0.5, 0.6) is 0 Å². The molecule has 4 heterocycles. The molecule has 180 valence electrons. The van der Waals surface area contributed by atoms with Gasteiger partial charge >= 0.3 is 0 Å². The van der Waals surface area contributed by atoms with Gasteiger partial charge in [0.2, 0.25) is 5.82 Å². The SMILES string of the molecule is C#Cc1ccc2[nH]c(S(=O)(=O)N3CCN(C(=O)c4ncc5c(n4)CCc4cnccc4-5)CC3)cc2c1. The minimum Gasteiger partial charge on any atom is -0.345 e. The summed E-state index contributed by atoms with van der Waals surface area (Å²) in [5.41, 5.74) is 5.36.